The fourth-order valence-corrected chi connectivity index (χ4v) is 1.83. The second-order valence-electron chi connectivity index (χ2n) is 4.62. The normalized spacial score (nSPS) is 14.2. The average molecular weight is 387 g/mol. The molecule has 0 fully saturated rings. The number of nitrogens with one attached hydrogen (secondary N) is 1. The second-order valence-corrected chi connectivity index (χ2v) is 5.61. The number of ether oxygens (including phenoxy) is 1. The highest BCUT2D eigenvalue weighted by Crippen LogP contribution is 2.46. The van der Waals surface area contributed by atoms with Crippen LogP contribution in [0.3, 0.4) is 0 Å². The molecule has 1 atom stereocenters. The van der Waals surface area contributed by atoms with Crippen molar-refractivity contribution in [2.75, 3.05) is 18.6 Å². The van der Waals surface area contributed by atoms with E-state index in [-0.39, 0.29) is 18.8 Å². The van der Waals surface area contributed by atoms with Gasteiger partial charge in [0.05, 0.1) is 6.61 Å². The van der Waals surface area contributed by atoms with Gasteiger partial charge < -0.3 is 10.1 Å². The molecule has 0 rings (SSSR count). The highest BCUT2D eigenvalue weighted by molar-refractivity contribution is 7.98. The lowest BCUT2D eigenvalue weighted by molar-refractivity contribution is -0.344. The van der Waals surface area contributed by atoms with Gasteiger partial charge in [-0.2, -0.15) is 42.5 Å². The van der Waals surface area contributed by atoms with Crippen LogP contribution in [0.1, 0.15) is 19.8 Å². The fraction of sp³-hybridized carbons (Fsp3) is 0.833. The van der Waals surface area contributed by atoms with Crippen LogP contribution in [0.5, 0.6) is 0 Å². The van der Waals surface area contributed by atoms with E-state index < -0.39 is 35.9 Å². The minimum Gasteiger partial charge on any atom is -0.464 e. The monoisotopic (exact) mass is 387 g/mol. The van der Waals surface area contributed by atoms with Crippen LogP contribution in [0.2, 0.25) is 0 Å². The fourth-order valence-electron chi connectivity index (χ4n) is 1.36. The molecule has 4 nitrogen and oxygen atoms in total. The number of rotatable bonds is 9. The zero-order valence-electron chi connectivity index (χ0n) is 12.7. The SMILES string of the molecule is CCCOC(=O)[C@H](CCSC)NC(=O)C(F)(F)C(F)(F)C(F)(F)F. The largest absolute Gasteiger partial charge is 0.464 e. The van der Waals surface area contributed by atoms with Crippen molar-refractivity contribution >= 4 is 23.6 Å². The van der Waals surface area contributed by atoms with Crippen LogP contribution in [-0.2, 0) is 14.3 Å². The van der Waals surface area contributed by atoms with E-state index in [1.807, 2.05) is 0 Å². The van der Waals surface area contributed by atoms with Gasteiger partial charge >= 0.3 is 24.0 Å². The number of hydrogen-bond acceptors (Lipinski definition) is 4. The van der Waals surface area contributed by atoms with Crippen molar-refractivity contribution < 1.29 is 45.1 Å². The van der Waals surface area contributed by atoms with E-state index in [0.717, 1.165) is 11.8 Å². The molecule has 0 aliphatic carbocycles. The van der Waals surface area contributed by atoms with Crippen molar-refractivity contribution in [2.45, 2.75) is 43.8 Å². The Morgan fingerprint density at radius 1 is 1.12 bits per heavy atom. The van der Waals surface area contributed by atoms with E-state index >= 15 is 0 Å². The minimum absolute atomic E-state index is 0.125. The number of carbonyl (C=O) groups excluding carboxylic acids is 2. The molecule has 0 aromatic carbocycles. The molecule has 0 aliphatic heterocycles. The Morgan fingerprint density at radius 2 is 1.67 bits per heavy atom. The summed E-state index contributed by atoms with van der Waals surface area (Å²) in [5, 5.41) is 1.22. The lowest BCUT2D eigenvalue weighted by Crippen LogP contribution is -2.61. The van der Waals surface area contributed by atoms with Crippen LogP contribution in [-0.4, -0.2) is 54.6 Å². The van der Waals surface area contributed by atoms with Gasteiger partial charge in [0, 0.05) is 0 Å². The number of alkyl halides is 7. The van der Waals surface area contributed by atoms with Gasteiger partial charge in [0.15, 0.2) is 0 Å². The first-order valence-corrected chi connectivity index (χ1v) is 8.01. The predicted octanol–water partition coefficient (Wildman–Crippen LogP) is 3.01. The summed E-state index contributed by atoms with van der Waals surface area (Å²) in [6, 6.07) is -1.76. The summed E-state index contributed by atoms with van der Waals surface area (Å²) in [5.41, 5.74) is 0. The van der Waals surface area contributed by atoms with E-state index in [1.165, 1.54) is 5.32 Å². The third-order valence-corrected chi connectivity index (χ3v) is 3.33. The third-order valence-electron chi connectivity index (χ3n) is 2.68. The van der Waals surface area contributed by atoms with Gasteiger partial charge in [-0.25, -0.2) is 4.79 Å². The Hall–Kier alpha value is -1.20. The van der Waals surface area contributed by atoms with Crippen LogP contribution in [0.4, 0.5) is 30.7 Å². The van der Waals surface area contributed by atoms with Crippen LogP contribution in [0, 0.1) is 0 Å². The summed E-state index contributed by atoms with van der Waals surface area (Å²) in [7, 11) is 0. The Morgan fingerprint density at radius 3 is 2.08 bits per heavy atom. The van der Waals surface area contributed by atoms with Crippen LogP contribution < -0.4 is 5.32 Å². The van der Waals surface area contributed by atoms with E-state index in [4.69, 9.17) is 0 Å². The zero-order valence-corrected chi connectivity index (χ0v) is 13.5. The predicted molar refractivity (Wildman–Crippen MR) is 72.1 cm³/mol. The molecule has 0 radical (unpaired) electrons. The average Bonchev–Trinajstić information content (AvgIpc) is 2.47. The first-order valence-electron chi connectivity index (χ1n) is 6.61. The molecule has 0 aromatic heterocycles. The highest BCUT2D eigenvalue weighted by atomic mass is 32.2. The van der Waals surface area contributed by atoms with Gasteiger partial charge in [-0.3, -0.25) is 4.79 Å². The lowest BCUT2D eigenvalue weighted by atomic mass is 10.1. The maximum absolute atomic E-state index is 13.2. The summed E-state index contributed by atoms with van der Waals surface area (Å²) in [5.74, 6) is -16.6. The maximum atomic E-state index is 13.2. The van der Waals surface area contributed by atoms with Crippen molar-refractivity contribution in [3.05, 3.63) is 0 Å². The summed E-state index contributed by atoms with van der Waals surface area (Å²) in [6.45, 7) is 1.49. The molecule has 1 amide bonds. The molecule has 0 aliphatic rings. The van der Waals surface area contributed by atoms with E-state index in [0.29, 0.717) is 6.42 Å². The molecule has 1 N–H and O–H groups in total. The van der Waals surface area contributed by atoms with Crippen molar-refractivity contribution in [1.82, 2.24) is 5.32 Å². The van der Waals surface area contributed by atoms with Crippen LogP contribution >= 0.6 is 11.8 Å². The molecule has 142 valence electrons. The summed E-state index contributed by atoms with van der Waals surface area (Å²) in [4.78, 5) is 22.9. The smallest absolute Gasteiger partial charge is 0.460 e. The van der Waals surface area contributed by atoms with Gasteiger partial charge in [0.2, 0.25) is 0 Å². The molecule has 0 saturated carbocycles. The second kappa shape index (κ2) is 8.77. The van der Waals surface area contributed by atoms with Crippen LogP contribution in [0.15, 0.2) is 0 Å². The Bertz CT molecular complexity index is 443. The Labute approximate surface area is 137 Å². The number of thioether (sulfide) groups is 1. The number of hydrogen-bond donors (Lipinski definition) is 1. The molecule has 12 heteroatoms. The van der Waals surface area contributed by atoms with Gasteiger partial charge in [-0.1, -0.05) is 6.92 Å². The summed E-state index contributed by atoms with van der Waals surface area (Å²) < 4.78 is 92.9. The standard InChI is InChI=1S/C12H16F7NO3S/c1-3-5-23-8(21)7(4-6-24-2)20-9(22)10(13,14)11(15,16)12(17,18)19/h7H,3-6H2,1-2H3,(H,20,22)/t7-/m0/s1. The molecular weight excluding hydrogens is 371 g/mol. The number of amides is 1. The molecule has 0 bridgehead atoms. The molecule has 0 spiro atoms. The quantitative estimate of drug-likeness (QED) is 0.488. The first kappa shape index (κ1) is 22.8. The Kier molecular flexibility index (Phi) is 8.33. The summed E-state index contributed by atoms with van der Waals surface area (Å²) in [6.07, 6.45) is -4.98. The minimum atomic E-state index is -6.63. The van der Waals surface area contributed by atoms with Gasteiger partial charge in [-0.05, 0) is 24.9 Å². The zero-order chi connectivity index (χ0) is 19.2. The summed E-state index contributed by atoms with van der Waals surface area (Å²) >= 11 is 1.14. The first-order chi connectivity index (χ1) is 10.8. The Balaban J connectivity index is 5.25. The molecule has 24 heavy (non-hydrogen) atoms. The molecule has 0 saturated heterocycles. The van der Waals surface area contributed by atoms with E-state index in [1.54, 1.807) is 13.2 Å². The number of esters is 1. The molecule has 0 heterocycles. The van der Waals surface area contributed by atoms with Crippen LogP contribution in [0.25, 0.3) is 0 Å². The molecule has 0 unspecified atom stereocenters. The van der Waals surface area contributed by atoms with Gasteiger partial charge in [0.25, 0.3) is 5.91 Å². The van der Waals surface area contributed by atoms with E-state index in [2.05, 4.69) is 4.74 Å². The molecule has 0 aromatic rings. The van der Waals surface area contributed by atoms with E-state index in [9.17, 15) is 40.3 Å². The van der Waals surface area contributed by atoms with Crippen molar-refractivity contribution in [3.63, 3.8) is 0 Å². The highest BCUT2D eigenvalue weighted by Gasteiger charge is 2.76. The van der Waals surface area contributed by atoms with Gasteiger partial charge in [0.1, 0.15) is 6.04 Å². The van der Waals surface area contributed by atoms with Gasteiger partial charge in [-0.15, -0.1) is 0 Å². The maximum Gasteiger partial charge on any atom is 0.460 e. The third kappa shape index (κ3) is 5.42. The van der Waals surface area contributed by atoms with Crippen molar-refractivity contribution in [3.8, 4) is 0 Å². The molecular formula is C12H16F7NO3S. The topological polar surface area (TPSA) is 55.4 Å². The van der Waals surface area contributed by atoms with Crippen molar-refractivity contribution in [2.24, 2.45) is 0 Å². The van der Waals surface area contributed by atoms with Crippen molar-refractivity contribution in [1.29, 1.82) is 0 Å². The lowest BCUT2D eigenvalue weighted by Gasteiger charge is -2.28. The number of halogens is 7. The number of carbonyl (C=O) groups is 2.